The molecule has 2 atom stereocenters. The van der Waals surface area contributed by atoms with Crippen LogP contribution < -0.4 is 10.2 Å². The summed E-state index contributed by atoms with van der Waals surface area (Å²) in [4.78, 5) is 28.1. The molecule has 1 aromatic heterocycles. The molecule has 26 heavy (non-hydrogen) atoms. The van der Waals surface area contributed by atoms with Crippen molar-refractivity contribution in [3.63, 3.8) is 0 Å². The minimum Gasteiger partial charge on any atom is -0.491 e. The van der Waals surface area contributed by atoms with Gasteiger partial charge in [-0.05, 0) is 41.2 Å². The van der Waals surface area contributed by atoms with Gasteiger partial charge in [-0.2, -0.15) is 0 Å². The molecule has 0 aliphatic carbocycles. The van der Waals surface area contributed by atoms with Gasteiger partial charge in [-0.3, -0.25) is 9.59 Å². The summed E-state index contributed by atoms with van der Waals surface area (Å²) in [7, 11) is 2.89. The normalized spacial score (nSPS) is 21.8. The second kappa shape index (κ2) is 8.68. The van der Waals surface area contributed by atoms with Crippen LogP contribution in [0.4, 0.5) is 0 Å². The van der Waals surface area contributed by atoms with E-state index < -0.39 is 11.5 Å². The molecule has 0 N–H and O–H groups in total. The predicted octanol–water partition coefficient (Wildman–Crippen LogP) is 2.96. The highest BCUT2D eigenvalue weighted by Crippen LogP contribution is 2.47. The number of carbonyl (C=O) groups is 1. The number of halogens is 1. The van der Waals surface area contributed by atoms with Gasteiger partial charge in [0.15, 0.2) is 11.5 Å². The van der Waals surface area contributed by atoms with Crippen LogP contribution in [0.5, 0.6) is 5.75 Å². The predicted molar refractivity (Wildman–Crippen MR) is 97.0 cm³/mol. The first-order chi connectivity index (χ1) is 12.4. The van der Waals surface area contributed by atoms with Gasteiger partial charge in [0.1, 0.15) is 12.9 Å². The third kappa shape index (κ3) is 3.78. The van der Waals surface area contributed by atoms with Crippen molar-refractivity contribution in [2.24, 2.45) is 10.5 Å². The first-order valence-electron chi connectivity index (χ1n) is 8.02. The molecule has 142 valence electrons. The van der Waals surface area contributed by atoms with Crippen LogP contribution in [0, 0.1) is 5.41 Å². The van der Waals surface area contributed by atoms with Crippen LogP contribution in [0.3, 0.4) is 0 Å². The number of Topliss-reactive ketones (excluding diaryl/α,β-unsaturated/α-hetero) is 1. The minimum atomic E-state index is -0.906. The molecule has 1 aliphatic heterocycles. The van der Waals surface area contributed by atoms with E-state index in [1.807, 2.05) is 0 Å². The number of pyridine rings is 1. The van der Waals surface area contributed by atoms with Crippen molar-refractivity contribution in [3.8, 4) is 5.75 Å². The van der Waals surface area contributed by atoms with Crippen LogP contribution in [-0.2, 0) is 20.8 Å². The molecule has 10 heteroatoms. The van der Waals surface area contributed by atoms with E-state index in [2.05, 4.69) is 26.0 Å². The Morgan fingerprint density at radius 1 is 1.46 bits per heavy atom. The fourth-order valence-corrected chi connectivity index (χ4v) is 3.66. The van der Waals surface area contributed by atoms with Gasteiger partial charge in [0.25, 0.3) is 0 Å². The number of hydrogen-bond acceptors (Lipinski definition) is 6. The van der Waals surface area contributed by atoms with Crippen molar-refractivity contribution in [1.82, 2.24) is 4.57 Å². The molecular weight excluding hydrogens is 408 g/mol. The number of ether oxygens (including phenoxy) is 3. The summed E-state index contributed by atoms with van der Waals surface area (Å²) in [6, 6.07) is 0. The maximum atomic E-state index is 12.9. The number of rotatable bonds is 8. The molecule has 2 rings (SSSR count). The minimum absolute atomic E-state index is 0.0374. The van der Waals surface area contributed by atoms with E-state index in [1.54, 1.807) is 17.7 Å². The van der Waals surface area contributed by atoms with Gasteiger partial charge in [-0.15, -0.1) is 0 Å². The second-order valence-electron chi connectivity index (χ2n) is 6.20. The van der Waals surface area contributed by atoms with E-state index in [9.17, 15) is 9.59 Å². The maximum absolute atomic E-state index is 12.9. The van der Waals surface area contributed by atoms with Gasteiger partial charge in [0.05, 0.1) is 29.2 Å². The smallest absolute Gasteiger partial charge is 0.237 e. The Hall–Kier alpha value is -1.87. The van der Waals surface area contributed by atoms with Crippen molar-refractivity contribution >= 4 is 21.7 Å². The van der Waals surface area contributed by atoms with E-state index in [1.165, 1.54) is 14.2 Å². The molecular formula is C16H21BrN4O5. The van der Waals surface area contributed by atoms with Gasteiger partial charge >= 0.3 is 0 Å². The number of nitrogens with zero attached hydrogens (tertiary/aromatic N) is 4. The molecule has 0 aromatic carbocycles. The molecule has 0 radical (unpaired) electrons. The first-order valence-corrected chi connectivity index (χ1v) is 8.81. The van der Waals surface area contributed by atoms with Crippen molar-refractivity contribution < 1.29 is 19.0 Å². The lowest BCUT2D eigenvalue weighted by Gasteiger charge is -2.42. The number of methoxy groups -OCH3 is 2. The Kier molecular flexibility index (Phi) is 6.82. The highest BCUT2D eigenvalue weighted by atomic mass is 79.9. The Bertz CT molecular complexity index is 790. The average Bonchev–Trinajstić information content (AvgIpc) is 2.61. The molecule has 0 saturated carbocycles. The number of hydrogen-bond donors (Lipinski definition) is 0. The average molecular weight is 429 g/mol. The lowest BCUT2D eigenvalue weighted by Crippen LogP contribution is -2.45. The van der Waals surface area contributed by atoms with Crippen molar-refractivity contribution in [2.45, 2.75) is 32.4 Å². The fourth-order valence-electron chi connectivity index (χ4n) is 3.23. The molecule has 9 nitrogen and oxygen atoms in total. The van der Waals surface area contributed by atoms with E-state index in [4.69, 9.17) is 19.7 Å². The topological polar surface area (TPSA) is 116 Å². The van der Waals surface area contributed by atoms with Gasteiger partial charge in [-0.1, -0.05) is 5.11 Å². The SMILES string of the molecule is COCOC1c2c(OC)c(=O)c(Br)cn2CC(=O)C1(C)CCCN=[N+]=[N-]. The van der Waals surface area contributed by atoms with Crippen molar-refractivity contribution in [2.75, 3.05) is 27.6 Å². The molecule has 1 aromatic rings. The second-order valence-corrected chi connectivity index (χ2v) is 7.06. The summed E-state index contributed by atoms with van der Waals surface area (Å²) >= 11 is 3.21. The molecule has 0 fully saturated rings. The lowest BCUT2D eigenvalue weighted by molar-refractivity contribution is -0.158. The quantitative estimate of drug-likeness (QED) is 0.207. The number of ketones is 1. The molecule has 0 saturated heterocycles. The van der Waals surface area contributed by atoms with E-state index in [0.29, 0.717) is 23.0 Å². The summed E-state index contributed by atoms with van der Waals surface area (Å²) in [6.45, 7) is 2.12. The third-order valence-electron chi connectivity index (χ3n) is 4.59. The van der Waals surface area contributed by atoms with Crippen LogP contribution in [0.2, 0.25) is 0 Å². The van der Waals surface area contributed by atoms with Crippen LogP contribution >= 0.6 is 15.9 Å². The van der Waals surface area contributed by atoms with Crippen molar-refractivity contribution in [1.29, 1.82) is 0 Å². The lowest BCUT2D eigenvalue weighted by atomic mass is 9.72. The summed E-state index contributed by atoms with van der Waals surface area (Å²) in [5, 5.41) is 3.52. The molecule has 0 amide bonds. The van der Waals surface area contributed by atoms with E-state index in [-0.39, 0.29) is 36.8 Å². The molecule has 2 unspecified atom stereocenters. The van der Waals surface area contributed by atoms with Gasteiger partial charge in [0, 0.05) is 24.8 Å². The van der Waals surface area contributed by atoms with Gasteiger partial charge < -0.3 is 18.8 Å². The summed E-state index contributed by atoms with van der Waals surface area (Å²) in [5.74, 6) is 0.0962. The highest BCUT2D eigenvalue weighted by Gasteiger charge is 2.48. The Morgan fingerprint density at radius 3 is 2.81 bits per heavy atom. The van der Waals surface area contributed by atoms with Crippen molar-refractivity contribution in [3.05, 3.63) is 37.0 Å². The number of aromatic nitrogens is 1. The first kappa shape index (κ1) is 20.4. The molecule has 2 heterocycles. The molecule has 0 bridgehead atoms. The Labute approximate surface area is 159 Å². The highest BCUT2D eigenvalue weighted by molar-refractivity contribution is 9.10. The summed E-state index contributed by atoms with van der Waals surface area (Å²) < 4.78 is 18.2. The number of fused-ring (bicyclic) bond motifs is 1. The van der Waals surface area contributed by atoms with Crippen LogP contribution in [0.1, 0.15) is 31.6 Å². The molecule has 1 aliphatic rings. The molecule has 0 spiro atoms. The summed E-state index contributed by atoms with van der Waals surface area (Å²) in [5.41, 5.74) is 7.72. The zero-order valence-electron chi connectivity index (χ0n) is 14.9. The summed E-state index contributed by atoms with van der Waals surface area (Å²) in [6.07, 6.45) is 1.79. The third-order valence-corrected chi connectivity index (χ3v) is 5.15. The van der Waals surface area contributed by atoms with Gasteiger partial charge in [0.2, 0.25) is 5.43 Å². The number of carbonyl (C=O) groups excluding carboxylic acids is 1. The van der Waals surface area contributed by atoms with Crippen LogP contribution in [0.15, 0.2) is 20.6 Å². The maximum Gasteiger partial charge on any atom is 0.237 e. The van der Waals surface area contributed by atoms with Gasteiger partial charge in [-0.25, -0.2) is 0 Å². The van der Waals surface area contributed by atoms with Crippen LogP contribution in [0.25, 0.3) is 10.4 Å². The standard InChI is InChI=1S/C16H21BrN4O5/c1-16(5-4-6-19-20-18)11(22)8-21-7-10(17)13(23)14(25-3)12(21)15(16)26-9-24-2/h7,15H,4-6,8-9H2,1-3H3. The monoisotopic (exact) mass is 428 g/mol. The zero-order valence-corrected chi connectivity index (χ0v) is 16.5. The van der Waals surface area contributed by atoms with Crippen LogP contribution in [-0.4, -0.2) is 37.9 Å². The van der Waals surface area contributed by atoms with E-state index in [0.717, 1.165) is 0 Å². The fraction of sp³-hybridized carbons (Fsp3) is 0.625. The van der Waals surface area contributed by atoms with E-state index >= 15 is 0 Å². The number of azide groups is 1. The largest absolute Gasteiger partial charge is 0.491 e. The Balaban J connectivity index is 2.55. The Morgan fingerprint density at radius 2 is 2.19 bits per heavy atom. The zero-order chi connectivity index (χ0) is 19.3.